The summed E-state index contributed by atoms with van der Waals surface area (Å²) < 4.78 is 10.9. The Labute approximate surface area is 89.6 Å². The molecule has 0 saturated carbocycles. The van der Waals surface area contributed by atoms with Gasteiger partial charge in [-0.25, -0.2) is 0 Å². The lowest BCUT2D eigenvalue weighted by molar-refractivity contribution is 0.167. The van der Waals surface area contributed by atoms with Crippen molar-refractivity contribution in [1.29, 1.82) is 0 Å². The van der Waals surface area contributed by atoms with E-state index in [-0.39, 0.29) is 0 Å². The van der Waals surface area contributed by atoms with Gasteiger partial charge >= 0.3 is 0 Å². The van der Waals surface area contributed by atoms with E-state index in [4.69, 9.17) is 9.47 Å². The van der Waals surface area contributed by atoms with Gasteiger partial charge in [0, 0.05) is 5.56 Å². The molecule has 0 aromatic heterocycles. The van der Waals surface area contributed by atoms with Crippen molar-refractivity contribution >= 4 is 0 Å². The molecular weight excluding hydrogens is 192 g/mol. The van der Waals surface area contributed by atoms with Gasteiger partial charge in [0.05, 0.1) is 19.3 Å². The first-order chi connectivity index (χ1) is 7.31. The molecule has 15 heavy (non-hydrogen) atoms. The average Bonchev–Trinajstić information content (AvgIpc) is 2.42. The molecule has 1 N–H and O–H groups in total. The van der Waals surface area contributed by atoms with Gasteiger partial charge in [0.25, 0.3) is 0 Å². The maximum Gasteiger partial charge on any atom is 0.125 e. The lowest BCUT2D eigenvalue weighted by Gasteiger charge is -2.12. The van der Waals surface area contributed by atoms with Crippen molar-refractivity contribution in [2.75, 3.05) is 13.2 Å². The van der Waals surface area contributed by atoms with E-state index in [1.165, 1.54) is 0 Å². The van der Waals surface area contributed by atoms with E-state index in [1.54, 1.807) is 0 Å². The van der Waals surface area contributed by atoms with E-state index in [1.807, 2.05) is 25.1 Å². The minimum absolute atomic E-state index is 0.428. The molecule has 0 bridgehead atoms. The predicted octanol–water partition coefficient (Wildman–Crippen LogP) is 2.29. The fourth-order valence-electron chi connectivity index (χ4n) is 1.79. The van der Waals surface area contributed by atoms with E-state index in [2.05, 4.69) is 0 Å². The molecule has 1 aromatic rings. The Hall–Kier alpha value is -1.22. The molecule has 0 fully saturated rings. The second kappa shape index (κ2) is 4.53. The smallest absolute Gasteiger partial charge is 0.125 e. The van der Waals surface area contributed by atoms with Crippen LogP contribution in [0.25, 0.3) is 0 Å². The highest BCUT2D eigenvalue weighted by atomic mass is 16.5. The molecule has 0 radical (unpaired) electrons. The number of fused-ring (bicyclic) bond motifs is 1. The first-order valence-corrected chi connectivity index (χ1v) is 5.39. The first-order valence-electron chi connectivity index (χ1n) is 5.39. The van der Waals surface area contributed by atoms with E-state index >= 15 is 0 Å². The van der Waals surface area contributed by atoms with Gasteiger partial charge in [-0.15, -0.1) is 0 Å². The van der Waals surface area contributed by atoms with E-state index < -0.39 is 6.10 Å². The molecule has 0 saturated heterocycles. The third kappa shape index (κ3) is 2.23. The third-order valence-electron chi connectivity index (χ3n) is 2.53. The van der Waals surface area contributed by atoms with Crippen LogP contribution in [0, 0.1) is 0 Å². The van der Waals surface area contributed by atoms with Crippen molar-refractivity contribution in [1.82, 2.24) is 0 Å². The molecule has 1 atom stereocenters. The van der Waals surface area contributed by atoms with E-state index in [0.717, 1.165) is 29.9 Å². The molecule has 1 aromatic carbocycles. The molecule has 82 valence electrons. The summed E-state index contributed by atoms with van der Waals surface area (Å²) in [5, 5.41) is 9.90. The topological polar surface area (TPSA) is 38.7 Å². The van der Waals surface area contributed by atoms with E-state index in [0.29, 0.717) is 13.2 Å². The molecule has 0 amide bonds. The van der Waals surface area contributed by atoms with Crippen LogP contribution in [0.2, 0.25) is 0 Å². The Bertz CT molecular complexity index is 336. The minimum Gasteiger partial charge on any atom is -0.494 e. The molecule has 1 heterocycles. The zero-order chi connectivity index (χ0) is 10.7. The minimum atomic E-state index is -0.428. The Morgan fingerprint density at radius 3 is 3.20 bits per heavy atom. The van der Waals surface area contributed by atoms with Crippen LogP contribution in [0.3, 0.4) is 0 Å². The van der Waals surface area contributed by atoms with Gasteiger partial charge in [-0.05, 0) is 38.0 Å². The quantitative estimate of drug-likeness (QED) is 0.810. The second-order valence-electron chi connectivity index (χ2n) is 3.64. The molecule has 0 aliphatic carbocycles. The number of benzene rings is 1. The summed E-state index contributed by atoms with van der Waals surface area (Å²) in [4.78, 5) is 0. The number of ether oxygens (including phenoxy) is 2. The Balaban J connectivity index is 2.31. The van der Waals surface area contributed by atoms with Crippen LogP contribution in [-0.2, 0) is 0 Å². The second-order valence-corrected chi connectivity index (χ2v) is 3.64. The highest BCUT2D eigenvalue weighted by Gasteiger charge is 2.17. The molecule has 0 spiro atoms. The molecule has 3 nitrogen and oxygen atoms in total. The van der Waals surface area contributed by atoms with Crippen LogP contribution in [0.1, 0.15) is 31.4 Å². The van der Waals surface area contributed by atoms with Crippen molar-refractivity contribution in [2.45, 2.75) is 25.9 Å². The average molecular weight is 208 g/mol. The molecule has 3 heteroatoms. The maximum atomic E-state index is 9.90. The van der Waals surface area contributed by atoms with Crippen LogP contribution in [0.5, 0.6) is 11.5 Å². The summed E-state index contributed by atoms with van der Waals surface area (Å²) in [6, 6.07) is 5.62. The number of aliphatic hydroxyl groups excluding tert-OH is 1. The SMILES string of the molecule is CCOc1ccc2c(c1)[C@@H](O)CCCO2. The summed E-state index contributed by atoms with van der Waals surface area (Å²) in [6.07, 6.45) is 1.21. The van der Waals surface area contributed by atoms with Crippen molar-refractivity contribution in [3.8, 4) is 11.5 Å². The summed E-state index contributed by atoms with van der Waals surface area (Å²) in [5.41, 5.74) is 0.846. The fourth-order valence-corrected chi connectivity index (χ4v) is 1.79. The molecular formula is C12H16O3. The summed E-state index contributed by atoms with van der Waals surface area (Å²) in [5.74, 6) is 1.57. The summed E-state index contributed by atoms with van der Waals surface area (Å²) in [6.45, 7) is 3.26. The Kier molecular flexibility index (Phi) is 3.11. The molecule has 0 unspecified atom stereocenters. The van der Waals surface area contributed by atoms with Crippen LogP contribution in [0.15, 0.2) is 18.2 Å². The van der Waals surface area contributed by atoms with E-state index in [9.17, 15) is 5.11 Å². The van der Waals surface area contributed by atoms with Crippen molar-refractivity contribution in [2.24, 2.45) is 0 Å². The zero-order valence-corrected chi connectivity index (χ0v) is 8.90. The largest absolute Gasteiger partial charge is 0.494 e. The third-order valence-corrected chi connectivity index (χ3v) is 2.53. The van der Waals surface area contributed by atoms with Crippen LogP contribution in [0.4, 0.5) is 0 Å². The van der Waals surface area contributed by atoms with Crippen molar-refractivity contribution < 1.29 is 14.6 Å². The molecule has 1 aliphatic heterocycles. The summed E-state index contributed by atoms with van der Waals surface area (Å²) in [7, 11) is 0. The number of hydrogen-bond acceptors (Lipinski definition) is 3. The normalized spacial score (nSPS) is 20.0. The van der Waals surface area contributed by atoms with Gasteiger partial charge in [-0.2, -0.15) is 0 Å². The highest BCUT2D eigenvalue weighted by Crippen LogP contribution is 2.34. The van der Waals surface area contributed by atoms with Crippen molar-refractivity contribution in [3.05, 3.63) is 23.8 Å². The standard InChI is InChI=1S/C12H16O3/c1-2-14-9-5-6-12-10(8-9)11(13)4-3-7-15-12/h5-6,8,11,13H,2-4,7H2,1H3/t11-/m0/s1. The first kappa shape index (κ1) is 10.3. The van der Waals surface area contributed by atoms with Gasteiger partial charge in [0.2, 0.25) is 0 Å². The van der Waals surface area contributed by atoms with Gasteiger partial charge in [-0.1, -0.05) is 0 Å². The molecule has 2 rings (SSSR count). The van der Waals surface area contributed by atoms with Crippen LogP contribution >= 0.6 is 0 Å². The lowest BCUT2D eigenvalue weighted by Crippen LogP contribution is -1.98. The van der Waals surface area contributed by atoms with Gasteiger partial charge < -0.3 is 14.6 Å². The zero-order valence-electron chi connectivity index (χ0n) is 8.90. The van der Waals surface area contributed by atoms with Gasteiger partial charge in [0.1, 0.15) is 11.5 Å². The number of rotatable bonds is 2. The van der Waals surface area contributed by atoms with Crippen molar-refractivity contribution in [3.63, 3.8) is 0 Å². The van der Waals surface area contributed by atoms with Gasteiger partial charge in [-0.3, -0.25) is 0 Å². The number of hydrogen-bond donors (Lipinski definition) is 1. The Morgan fingerprint density at radius 2 is 2.40 bits per heavy atom. The lowest BCUT2D eigenvalue weighted by atomic mass is 10.0. The summed E-state index contributed by atoms with van der Waals surface area (Å²) >= 11 is 0. The van der Waals surface area contributed by atoms with Gasteiger partial charge in [0.15, 0.2) is 0 Å². The van der Waals surface area contributed by atoms with Crippen LogP contribution in [-0.4, -0.2) is 18.3 Å². The fraction of sp³-hybridized carbons (Fsp3) is 0.500. The monoisotopic (exact) mass is 208 g/mol. The Morgan fingerprint density at radius 1 is 1.53 bits per heavy atom. The maximum absolute atomic E-state index is 9.90. The van der Waals surface area contributed by atoms with Crippen LogP contribution < -0.4 is 9.47 Å². The number of aliphatic hydroxyl groups is 1. The predicted molar refractivity (Wildman–Crippen MR) is 57.3 cm³/mol. The molecule has 1 aliphatic rings. The highest BCUT2D eigenvalue weighted by molar-refractivity contribution is 5.42.